The van der Waals surface area contributed by atoms with Gasteiger partial charge in [-0.15, -0.1) is 11.8 Å². The van der Waals surface area contributed by atoms with Crippen LogP contribution in [0.3, 0.4) is 0 Å². The number of esters is 1. The average molecular weight is 380 g/mol. The van der Waals surface area contributed by atoms with Crippen LogP contribution in [0.25, 0.3) is 0 Å². The zero-order chi connectivity index (χ0) is 18.6. The maximum absolute atomic E-state index is 12.1. The summed E-state index contributed by atoms with van der Waals surface area (Å²) >= 11 is 1.28. The monoisotopic (exact) mass is 380 g/mol. The molecular formula is C14H15F3N2O5S. The van der Waals surface area contributed by atoms with E-state index in [2.05, 4.69) is 0 Å². The Balaban J connectivity index is 1.92. The number of nitrogens with one attached hydrogen (secondary N) is 1. The number of alkyl halides is 3. The van der Waals surface area contributed by atoms with E-state index in [-0.39, 0.29) is 5.75 Å². The topological polar surface area (TPSA) is 88.8 Å². The summed E-state index contributed by atoms with van der Waals surface area (Å²) < 4.78 is 46.0. The first-order valence-corrected chi connectivity index (χ1v) is 8.18. The first-order chi connectivity index (χ1) is 11.7. The van der Waals surface area contributed by atoms with Crippen LogP contribution in [-0.4, -0.2) is 53.8 Å². The standard InChI is InChI=1S/C14H15F3N2O5S/c1-8(20)19-9(6-25-12(19)10-3-2-4-23-10)13(22)24-5-11(21)18-7-14(15,16)17/h2-4,9,12H,5-7H2,1H3,(H,18,21)/t9-,12-/m0/s1. The number of carbonyl (C=O) groups excluding carboxylic acids is 3. The Morgan fingerprint density at radius 1 is 1.44 bits per heavy atom. The molecule has 1 fully saturated rings. The van der Waals surface area contributed by atoms with E-state index in [1.165, 1.54) is 29.8 Å². The zero-order valence-corrected chi connectivity index (χ0v) is 13.9. The molecule has 2 amide bonds. The zero-order valence-electron chi connectivity index (χ0n) is 13.0. The van der Waals surface area contributed by atoms with Gasteiger partial charge in [-0.25, -0.2) is 4.79 Å². The highest BCUT2D eigenvalue weighted by Gasteiger charge is 2.43. The van der Waals surface area contributed by atoms with Crippen LogP contribution in [-0.2, 0) is 19.1 Å². The van der Waals surface area contributed by atoms with Gasteiger partial charge in [0.25, 0.3) is 5.91 Å². The van der Waals surface area contributed by atoms with Crippen molar-refractivity contribution in [2.45, 2.75) is 24.5 Å². The van der Waals surface area contributed by atoms with E-state index >= 15 is 0 Å². The van der Waals surface area contributed by atoms with Crippen LogP contribution in [0, 0.1) is 0 Å². The summed E-state index contributed by atoms with van der Waals surface area (Å²) in [4.78, 5) is 36.5. The first kappa shape index (κ1) is 19.2. The summed E-state index contributed by atoms with van der Waals surface area (Å²) in [6.45, 7) is -1.09. The molecule has 0 spiro atoms. The lowest BCUT2D eigenvalue weighted by atomic mass is 10.2. The second-order valence-electron chi connectivity index (χ2n) is 5.14. The summed E-state index contributed by atoms with van der Waals surface area (Å²) in [6, 6.07) is 2.35. The number of thioether (sulfide) groups is 1. The second-order valence-corrected chi connectivity index (χ2v) is 6.26. The maximum Gasteiger partial charge on any atom is 0.405 e. The van der Waals surface area contributed by atoms with Gasteiger partial charge in [0.05, 0.1) is 6.26 Å². The lowest BCUT2D eigenvalue weighted by Gasteiger charge is -2.25. The number of halogens is 3. The number of carbonyl (C=O) groups is 3. The number of hydrogen-bond donors (Lipinski definition) is 1. The molecule has 7 nitrogen and oxygen atoms in total. The molecular weight excluding hydrogens is 365 g/mol. The number of furan rings is 1. The molecule has 1 aromatic heterocycles. The van der Waals surface area contributed by atoms with E-state index in [1.54, 1.807) is 17.4 Å². The van der Waals surface area contributed by atoms with Crippen LogP contribution in [0.4, 0.5) is 13.2 Å². The number of rotatable bonds is 5. The summed E-state index contributed by atoms with van der Waals surface area (Å²) in [6.07, 6.45) is -3.12. The highest BCUT2D eigenvalue weighted by Crippen LogP contribution is 2.41. The minimum absolute atomic E-state index is 0.216. The minimum atomic E-state index is -4.55. The van der Waals surface area contributed by atoms with E-state index < -0.39 is 48.5 Å². The van der Waals surface area contributed by atoms with Crippen molar-refractivity contribution >= 4 is 29.5 Å². The van der Waals surface area contributed by atoms with E-state index in [1.807, 2.05) is 0 Å². The fourth-order valence-electron chi connectivity index (χ4n) is 2.21. The molecule has 2 heterocycles. The molecule has 0 saturated carbocycles. The molecule has 2 atom stereocenters. The predicted molar refractivity (Wildman–Crippen MR) is 80.2 cm³/mol. The molecule has 0 aliphatic carbocycles. The Kier molecular flexibility index (Phi) is 5.98. The molecule has 11 heteroatoms. The molecule has 0 radical (unpaired) electrons. The molecule has 1 saturated heterocycles. The van der Waals surface area contributed by atoms with Crippen LogP contribution in [0.2, 0.25) is 0 Å². The largest absolute Gasteiger partial charge is 0.466 e. The van der Waals surface area contributed by atoms with E-state index in [0.717, 1.165) is 0 Å². The van der Waals surface area contributed by atoms with Crippen molar-refractivity contribution in [2.75, 3.05) is 18.9 Å². The van der Waals surface area contributed by atoms with Crippen molar-refractivity contribution in [3.63, 3.8) is 0 Å². The maximum atomic E-state index is 12.1. The van der Waals surface area contributed by atoms with E-state index in [4.69, 9.17) is 9.15 Å². The van der Waals surface area contributed by atoms with Gasteiger partial charge in [-0.2, -0.15) is 13.2 Å². The van der Waals surface area contributed by atoms with Gasteiger partial charge >= 0.3 is 12.1 Å². The summed E-state index contributed by atoms with van der Waals surface area (Å²) in [7, 11) is 0. The summed E-state index contributed by atoms with van der Waals surface area (Å²) in [5.74, 6) is -1.63. The third-order valence-corrected chi connectivity index (χ3v) is 4.54. The highest BCUT2D eigenvalue weighted by atomic mass is 32.2. The Hall–Kier alpha value is -2.17. The molecule has 0 unspecified atom stereocenters. The Morgan fingerprint density at radius 2 is 2.16 bits per heavy atom. The van der Waals surface area contributed by atoms with Gasteiger partial charge in [-0.05, 0) is 12.1 Å². The van der Waals surface area contributed by atoms with Crippen LogP contribution < -0.4 is 5.32 Å². The highest BCUT2D eigenvalue weighted by molar-refractivity contribution is 7.99. The summed E-state index contributed by atoms with van der Waals surface area (Å²) in [5.41, 5.74) is 0. The summed E-state index contributed by atoms with van der Waals surface area (Å²) in [5, 5.41) is 1.08. The van der Waals surface area contributed by atoms with Gasteiger partial charge in [0.15, 0.2) is 6.61 Å². The van der Waals surface area contributed by atoms with Gasteiger partial charge in [0.2, 0.25) is 5.91 Å². The van der Waals surface area contributed by atoms with Crippen molar-refractivity contribution in [1.29, 1.82) is 0 Å². The fourth-order valence-corrected chi connectivity index (χ4v) is 3.62. The minimum Gasteiger partial charge on any atom is -0.466 e. The Labute approximate surface area is 144 Å². The molecule has 0 bridgehead atoms. The van der Waals surface area contributed by atoms with Crippen molar-refractivity contribution in [3.8, 4) is 0 Å². The Bertz CT molecular complexity index is 635. The molecule has 1 aliphatic rings. The van der Waals surface area contributed by atoms with Crippen LogP contribution >= 0.6 is 11.8 Å². The molecule has 1 aromatic rings. The smallest absolute Gasteiger partial charge is 0.405 e. The predicted octanol–water partition coefficient (Wildman–Crippen LogP) is 1.46. The first-order valence-electron chi connectivity index (χ1n) is 7.13. The fraction of sp³-hybridized carbons (Fsp3) is 0.500. The van der Waals surface area contributed by atoms with Gasteiger partial charge in [0, 0.05) is 12.7 Å². The van der Waals surface area contributed by atoms with Crippen LogP contribution in [0.15, 0.2) is 22.8 Å². The quantitative estimate of drug-likeness (QED) is 0.778. The lowest BCUT2D eigenvalue weighted by Crippen LogP contribution is -2.44. The van der Waals surface area contributed by atoms with Gasteiger partial charge < -0.3 is 19.4 Å². The molecule has 1 aliphatic heterocycles. The van der Waals surface area contributed by atoms with E-state index in [9.17, 15) is 27.6 Å². The van der Waals surface area contributed by atoms with E-state index in [0.29, 0.717) is 5.76 Å². The Morgan fingerprint density at radius 3 is 2.72 bits per heavy atom. The molecule has 25 heavy (non-hydrogen) atoms. The third-order valence-electron chi connectivity index (χ3n) is 3.25. The molecule has 0 aromatic carbocycles. The van der Waals surface area contributed by atoms with Gasteiger partial charge in [-0.3, -0.25) is 9.59 Å². The van der Waals surface area contributed by atoms with Crippen molar-refractivity contribution in [2.24, 2.45) is 0 Å². The van der Waals surface area contributed by atoms with Crippen molar-refractivity contribution in [1.82, 2.24) is 10.2 Å². The molecule has 1 N–H and O–H groups in total. The number of hydrogen-bond acceptors (Lipinski definition) is 6. The van der Waals surface area contributed by atoms with Crippen molar-refractivity contribution < 1.29 is 36.7 Å². The number of amides is 2. The van der Waals surface area contributed by atoms with Crippen LogP contribution in [0.1, 0.15) is 18.1 Å². The van der Waals surface area contributed by atoms with Gasteiger partial charge in [0.1, 0.15) is 23.7 Å². The number of nitrogens with zero attached hydrogens (tertiary/aromatic N) is 1. The van der Waals surface area contributed by atoms with Gasteiger partial charge in [-0.1, -0.05) is 0 Å². The lowest BCUT2D eigenvalue weighted by molar-refractivity contribution is -0.157. The average Bonchev–Trinajstić information content (AvgIpc) is 3.17. The molecule has 138 valence electrons. The SMILES string of the molecule is CC(=O)N1[C@H](C(=O)OCC(=O)NCC(F)(F)F)CS[C@H]1c1ccco1. The van der Waals surface area contributed by atoms with Crippen molar-refractivity contribution in [3.05, 3.63) is 24.2 Å². The normalized spacial score (nSPS) is 20.4. The molecule has 2 rings (SSSR count). The van der Waals surface area contributed by atoms with Crippen LogP contribution in [0.5, 0.6) is 0 Å². The number of ether oxygens (including phenoxy) is 1. The third kappa shape index (κ3) is 5.15. The second kappa shape index (κ2) is 7.81.